The van der Waals surface area contributed by atoms with Crippen LogP contribution in [0.5, 0.6) is 0 Å². The summed E-state index contributed by atoms with van der Waals surface area (Å²) < 4.78 is 23.9. The molecule has 0 fully saturated rings. The lowest BCUT2D eigenvalue weighted by atomic mass is 10.0. The van der Waals surface area contributed by atoms with Crippen molar-refractivity contribution in [3.63, 3.8) is 0 Å². The molecule has 0 aromatic carbocycles. The normalized spacial score (nSPS) is 13.0. The number of carboxylic acid groups (broad SMARTS) is 1. The zero-order valence-corrected chi connectivity index (χ0v) is 6.17. The van der Waals surface area contributed by atoms with E-state index in [0.717, 1.165) is 0 Å². The topological polar surface area (TPSA) is 80.4 Å². The van der Waals surface area contributed by atoms with Crippen LogP contribution in [0.1, 0.15) is 6.42 Å². The van der Waals surface area contributed by atoms with Gasteiger partial charge in [0.2, 0.25) is 6.43 Å². The predicted molar refractivity (Wildman–Crippen MR) is 35.8 cm³/mol. The number of carbonyl (C=O) groups is 2. The van der Waals surface area contributed by atoms with Gasteiger partial charge in [-0.1, -0.05) is 0 Å². The Morgan fingerprint density at radius 1 is 1.42 bits per heavy atom. The minimum absolute atomic E-state index is 0.553. The molecule has 0 aliphatic rings. The van der Waals surface area contributed by atoms with Gasteiger partial charge >= 0.3 is 5.97 Å². The molecule has 0 heterocycles. The van der Waals surface area contributed by atoms with E-state index in [1.165, 1.54) is 0 Å². The van der Waals surface area contributed by atoms with E-state index in [1.807, 2.05) is 0 Å². The number of nitrogens with two attached hydrogens (primary N) is 1. The molecule has 0 radical (unpaired) electrons. The molecule has 70 valence electrons. The molecule has 0 amide bonds. The maximum absolute atomic E-state index is 12.0. The highest BCUT2D eigenvalue weighted by Gasteiger charge is 2.29. The van der Waals surface area contributed by atoms with Crippen molar-refractivity contribution in [1.82, 2.24) is 0 Å². The van der Waals surface area contributed by atoms with Gasteiger partial charge in [0.25, 0.3) is 0 Å². The molecule has 0 bridgehead atoms. The van der Waals surface area contributed by atoms with Crippen molar-refractivity contribution in [3.05, 3.63) is 0 Å². The summed E-state index contributed by atoms with van der Waals surface area (Å²) in [6.45, 7) is -0.553. The Bertz CT molecular complexity index is 184. The molecule has 4 nitrogen and oxygen atoms in total. The second-order valence-electron chi connectivity index (χ2n) is 2.21. The van der Waals surface area contributed by atoms with E-state index in [4.69, 9.17) is 10.8 Å². The standard InChI is InChI=1S/C6H9F2NO3/c7-6(8)3(1-5(11)12)4(10)2-9/h3,6H,1-2,9H2,(H,11,12). The average molecular weight is 181 g/mol. The summed E-state index contributed by atoms with van der Waals surface area (Å²) in [7, 11) is 0. The van der Waals surface area contributed by atoms with Crippen LogP contribution < -0.4 is 5.73 Å². The first-order valence-electron chi connectivity index (χ1n) is 3.21. The van der Waals surface area contributed by atoms with E-state index in [-0.39, 0.29) is 0 Å². The Morgan fingerprint density at radius 2 is 1.92 bits per heavy atom. The largest absolute Gasteiger partial charge is 0.481 e. The first-order valence-corrected chi connectivity index (χ1v) is 3.21. The molecule has 12 heavy (non-hydrogen) atoms. The highest BCUT2D eigenvalue weighted by molar-refractivity contribution is 5.86. The Morgan fingerprint density at radius 3 is 2.17 bits per heavy atom. The van der Waals surface area contributed by atoms with Crippen molar-refractivity contribution in [3.8, 4) is 0 Å². The van der Waals surface area contributed by atoms with Crippen LogP contribution in [0, 0.1) is 5.92 Å². The maximum atomic E-state index is 12.0. The molecule has 0 saturated heterocycles. The van der Waals surface area contributed by atoms with E-state index in [0.29, 0.717) is 0 Å². The second kappa shape index (κ2) is 4.76. The monoisotopic (exact) mass is 181 g/mol. The summed E-state index contributed by atoms with van der Waals surface area (Å²) in [6.07, 6.45) is -3.83. The van der Waals surface area contributed by atoms with Crippen LogP contribution in [-0.2, 0) is 9.59 Å². The fourth-order valence-corrected chi connectivity index (χ4v) is 0.683. The molecule has 6 heteroatoms. The summed E-state index contributed by atoms with van der Waals surface area (Å²) in [6, 6.07) is 0. The van der Waals surface area contributed by atoms with Crippen molar-refractivity contribution < 1.29 is 23.5 Å². The first-order chi connectivity index (χ1) is 5.49. The Balaban J connectivity index is 4.23. The Hall–Kier alpha value is -1.04. The molecule has 0 spiro atoms. The molecular formula is C6H9F2NO3. The molecular weight excluding hydrogens is 172 g/mol. The minimum Gasteiger partial charge on any atom is -0.481 e. The molecule has 1 unspecified atom stereocenters. The van der Waals surface area contributed by atoms with E-state index < -0.39 is 37.1 Å². The van der Waals surface area contributed by atoms with Gasteiger partial charge in [-0.25, -0.2) is 8.78 Å². The van der Waals surface area contributed by atoms with E-state index in [1.54, 1.807) is 0 Å². The Labute approximate surface area is 67.4 Å². The summed E-state index contributed by atoms with van der Waals surface area (Å²) in [5.41, 5.74) is 4.81. The number of halogens is 2. The number of aliphatic carboxylic acids is 1. The van der Waals surface area contributed by atoms with Crippen molar-refractivity contribution in [2.45, 2.75) is 12.8 Å². The van der Waals surface area contributed by atoms with Gasteiger partial charge in [-0.15, -0.1) is 0 Å². The predicted octanol–water partition coefficient (Wildman–Crippen LogP) is -0.130. The summed E-state index contributed by atoms with van der Waals surface area (Å²) >= 11 is 0. The SMILES string of the molecule is NCC(=O)C(CC(=O)O)C(F)F. The highest BCUT2D eigenvalue weighted by atomic mass is 19.3. The number of rotatable bonds is 5. The third-order valence-electron chi connectivity index (χ3n) is 1.31. The van der Waals surface area contributed by atoms with Crippen LogP contribution in [0.4, 0.5) is 8.78 Å². The van der Waals surface area contributed by atoms with Gasteiger partial charge in [-0.2, -0.15) is 0 Å². The minimum atomic E-state index is -2.96. The van der Waals surface area contributed by atoms with Gasteiger partial charge in [-0.3, -0.25) is 9.59 Å². The van der Waals surface area contributed by atoms with Crippen LogP contribution in [0.3, 0.4) is 0 Å². The number of alkyl halides is 2. The molecule has 1 atom stereocenters. The van der Waals surface area contributed by atoms with Crippen LogP contribution in [0.15, 0.2) is 0 Å². The van der Waals surface area contributed by atoms with Crippen molar-refractivity contribution in [1.29, 1.82) is 0 Å². The lowest BCUT2D eigenvalue weighted by Crippen LogP contribution is -2.30. The van der Waals surface area contributed by atoms with Gasteiger partial charge in [0, 0.05) is 0 Å². The summed E-state index contributed by atoms with van der Waals surface area (Å²) in [5.74, 6) is -4.12. The molecule has 3 N–H and O–H groups in total. The molecule has 0 rings (SSSR count). The van der Waals surface area contributed by atoms with Crippen molar-refractivity contribution in [2.24, 2.45) is 11.7 Å². The zero-order valence-electron chi connectivity index (χ0n) is 6.17. The van der Waals surface area contributed by atoms with Crippen LogP contribution in [0.2, 0.25) is 0 Å². The smallest absolute Gasteiger partial charge is 0.304 e. The Kier molecular flexibility index (Phi) is 4.35. The van der Waals surface area contributed by atoms with Gasteiger partial charge in [0.1, 0.15) is 0 Å². The van der Waals surface area contributed by atoms with Crippen molar-refractivity contribution in [2.75, 3.05) is 6.54 Å². The van der Waals surface area contributed by atoms with Gasteiger partial charge in [-0.05, 0) is 0 Å². The van der Waals surface area contributed by atoms with Gasteiger partial charge in [0.05, 0.1) is 18.9 Å². The number of Topliss-reactive ketones (excluding diaryl/α,β-unsaturated/α-hetero) is 1. The van der Waals surface area contributed by atoms with Crippen molar-refractivity contribution >= 4 is 11.8 Å². The molecule has 0 aliphatic heterocycles. The zero-order chi connectivity index (χ0) is 9.72. The number of hydrogen-bond acceptors (Lipinski definition) is 3. The second-order valence-corrected chi connectivity index (χ2v) is 2.21. The third kappa shape index (κ3) is 3.38. The van der Waals surface area contributed by atoms with Gasteiger partial charge < -0.3 is 10.8 Å². The van der Waals surface area contributed by atoms with E-state index >= 15 is 0 Å². The highest BCUT2D eigenvalue weighted by Crippen LogP contribution is 2.14. The van der Waals surface area contributed by atoms with Crippen LogP contribution >= 0.6 is 0 Å². The lowest BCUT2D eigenvalue weighted by molar-refractivity contribution is -0.143. The third-order valence-corrected chi connectivity index (χ3v) is 1.31. The summed E-state index contributed by atoms with van der Waals surface area (Å²) in [4.78, 5) is 20.6. The molecule has 0 aliphatic carbocycles. The quantitative estimate of drug-likeness (QED) is 0.619. The lowest BCUT2D eigenvalue weighted by Gasteiger charge is -2.10. The molecule has 0 aromatic heterocycles. The van der Waals surface area contributed by atoms with Crippen LogP contribution in [0.25, 0.3) is 0 Å². The fraction of sp³-hybridized carbons (Fsp3) is 0.667. The molecule has 0 aromatic rings. The number of hydrogen-bond donors (Lipinski definition) is 2. The average Bonchev–Trinajstić information content (AvgIpc) is 1.98. The fourth-order valence-electron chi connectivity index (χ4n) is 0.683. The van der Waals surface area contributed by atoms with Gasteiger partial charge in [0.15, 0.2) is 5.78 Å². The van der Waals surface area contributed by atoms with E-state index in [2.05, 4.69) is 0 Å². The number of carbonyl (C=O) groups excluding carboxylic acids is 1. The number of ketones is 1. The molecule has 0 saturated carbocycles. The summed E-state index contributed by atoms with van der Waals surface area (Å²) in [5, 5.41) is 8.15. The van der Waals surface area contributed by atoms with Crippen LogP contribution in [-0.4, -0.2) is 29.8 Å². The number of carboxylic acids is 1. The maximum Gasteiger partial charge on any atom is 0.304 e. The first kappa shape index (κ1) is 11.0. The van der Waals surface area contributed by atoms with E-state index in [9.17, 15) is 18.4 Å².